The molecule has 4 amide bonds. The topological polar surface area (TPSA) is 182 Å². The zero-order valence-electron chi connectivity index (χ0n) is 34.8. The van der Waals surface area contributed by atoms with Crippen LogP contribution in [0, 0.1) is 16.7 Å². The van der Waals surface area contributed by atoms with Gasteiger partial charge in [-0.05, 0) is 85.1 Å². The number of carbonyl (C=O) groups is 5. The van der Waals surface area contributed by atoms with Crippen LogP contribution < -0.4 is 15.4 Å². The number of hydrogen-bond donors (Lipinski definition) is 3. The van der Waals surface area contributed by atoms with Gasteiger partial charge in [0.2, 0.25) is 21.8 Å². The summed E-state index contributed by atoms with van der Waals surface area (Å²) in [5.41, 5.74) is 0.253. The number of benzene rings is 2. The number of ether oxygens (including phenoxy) is 2. The minimum atomic E-state index is -3.91. The third-order valence-electron chi connectivity index (χ3n) is 12.3. The average Bonchev–Trinajstić information content (AvgIpc) is 4.08. The standard InChI is InChI=1S/C44H57N5O9S/c1-7-28-24-44(28,40(53)47-59(55,56)31-19-20-31)46-37(50)34-22-30-25-48(34)38(51)36(42(2,3)4)45-41(54)57-26-43(5,6)21-12-11-14-27-15-13-18-33-32(27)23-35(39(52)58-30)49(33)29-16-9-8-10-17-29/h8-10,13,15-18,23,28,30-31,34,36H,7,11-12,14,19-22,24-26H2,1-6H3,(H,45,54)(H,46,50)(H,47,53)/t28-,30-,34+,36-,44-/m1/s1. The van der Waals surface area contributed by atoms with Crippen molar-refractivity contribution < 1.29 is 41.9 Å². The van der Waals surface area contributed by atoms with E-state index in [1.165, 1.54) is 4.90 Å². The number of alkyl carbamates (subject to hydrolysis) is 1. The number of aromatic nitrogens is 1. The van der Waals surface area contributed by atoms with Crippen LogP contribution in [0.3, 0.4) is 0 Å². The lowest BCUT2D eigenvalue weighted by Gasteiger charge is -2.35. The van der Waals surface area contributed by atoms with Crippen molar-refractivity contribution in [3.8, 4) is 5.69 Å². The third-order valence-corrected chi connectivity index (χ3v) is 14.2. The van der Waals surface area contributed by atoms with E-state index in [2.05, 4.69) is 21.4 Å². The fraction of sp³-hybridized carbons (Fsp3) is 0.568. The molecule has 5 atom stereocenters. The normalized spacial score (nSPS) is 26.7. The van der Waals surface area contributed by atoms with Gasteiger partial charge in [0.25, 0.3) is 5.91 Å². The summed E-state index contributed by atoms with van der Waals surface area (Å²) in [7, 11) is -3.91. The highest BCUT2D eigenvalue weighted by atomic mass is 32.2. The van der Waals surface area contributed by atoms with E-state index in [-0.39, 0.29) is 43.0 Å². The Kier molecular flexibility index (Phi) is 11.4. The number of sulfonamides is 1. The molecule has 4 bridgehead atoms. The number of rotatable bonds is 7. The number of esters is 1. The smallest absolute Gasteiger partial charge is 0.407 e. The largest absolute Gasteiger partial charge is 0.456 e. The number of carbonyl (C=O) groups excluding carboxylic acids is 5. The zero-order chi connectivity index (χ0) is 42.5. The van der Waals surface area contributed by atoms with Crippen molar-refractivity contribution in [1.29, 1.82) is 0 Å². The Hall–Kier alpha value is -4.92. The Morgan fingerprint density at radius 3 is 2.39 bits per heavy atom. The number of aryl methyl sites for hydroxylation is 1. The lowest BCUT2D eigenvalue weighted by Crippen LogP contribution is -2.60. The van der Waals surface area contributed by atoms with Gasteiger partial charge in [-0.15, -0.1) is 0 Å². The molecule has 2 saturated carbocycles. The molecule has 0 unspecified atom stereocenters. The van der Waals surface area contributed by atoms with E-state index in [4.69, 9.17) is 9.47 Å². The van der Waals surface area contributed by atoms with Gasteiger partial charge in [0.05, 0.1) is 23.9 Å². The molecular weight excluding hydrogens is 775 g/mol. The summed E-state index contributed by atoms with van der Waals surface area (Å²) in [6.45, 7) is 11.2. The SMILES string of the molecule is CC[C@@H]1C[C@]1(NC(=O)[C@@H]1C[C@@H]2CN1C(=O)[C@H](C(C)(C)C)NC(=O)OCC(C)(C)CCCCc1cccc3c1cc(n3-c1ccccc1)C(=O)O2)C(=O)NS(=O)(=O)C1CC1. The zero-order valence-corrected chi connectivity index (χ0v) is 35.7. The van der Waals surface area contributed by atoms with Crippen LogP contribution in [0.15, 0.2) is 54.6 Å². The predicted molar refractivity (Wildman–Crippen MR) is 221 cm³/mol. The summed E-state index contributed by atoms with van der Waals surface area (Å²) in [4.78, 5) is 72.0. The van der Waals surface area contributed by atoms with Gasteiger partial charge in [-0.25, -0.2) is 18.0 Å². The van der Waals surface area contributed by atoms with Gasteiger partial charge >= 0.3 is 12.1 Å². The van der Waals surface area contributed by atoms with E-state index < -0.39 is 74.2 Å². The summed E-state index contributed by atoms with van der Waals surface area (Å²) in [6.07, 6.45) is 3.07. The molecule has 3 fully saturated rings. The third kappa shape index (κ3) is 8.85. The Bertz CT molecular complexity index is 2240. The first kappa shape index (κ1) is 42.2. The second-order valence-corrected chi connectivity index (χ2v) is 20.6. The molecule has 15 heteroatoms. The molecule has 2 aromatic carbocycles. The molecule has 3 heterocycles. The van der Waals surface area contributed by atoms with Gasteiger partial charge in [-0.1, -0.05) is 84.7 Å². The minimum Gasteiger partial charge on any atom is -0.456 e. The van der Waals surface area contributed by atoms with E-state index in [0.717, 1.165) is 47.8 Å². The number of para-hydroxylation sites is 1. The van der Waals surface area contributed by atoms with Gasteiger partial charge in [-0.2, -0.15) is 0 Å². The minimum absolute atomic E-state index is 0.107. The molecule has 0 spiro atoms. The highest BCUT2D eigenvalue weighted by molar-refractivity contribution is 7.91. The molecule has 14 nitrogen and oxygen atoms in total. The molecule has 4 aliphatic rings. The van der Waals surface area contributed by atoms with Crippen molar-refractivity contribution in [3.63, 3.8) is 0 Å². The van der Waals surface area contributed by atoms with Crippen LogP contribution in [0.4, 0.5) is 4.79 Å². The van der Waals surface area contributed by atoms with Crippen LogP contribution in [-0.2, 0) is 40.3 Å². The van der Waals surface area contributed by atoms with E-state index in [1.54, 1.807) is 20.8 Å². The van der Waals surface area contributed by atoms with Crippen LogP contribution >= 0.6 is 0 Å². The average molecular weight is 832 g/mol. The van der Waals surface area contributed by atoms with Crippen LogP contribution in [0.1, 0.15) is 109 Å². The Balaban J connectivity index is 1.25. The predicted octanol–water partition coefficient (Wildman–Crippen LogP) is 5.54. The molecule has 3 aromatic rings. The summed E-state index contributed by atoms with van der Waals surface area (Å²) in [6, 6.07) is 15.0. The maximum atomic E-state index is 14.7. The first-order valence-corrected chi connectivity index (χ1v) is 22.4. The molecule has 0 radical (unpaired) electrons. The van der Waals surface area contributed by atoms with Gasteiger partial charge in [0.1, 0.15) is 29.4 Å². The second kappa shape index (κ2) is 15.9. The van der Waals surface area contributed by atoms with E-state index in [9.17, 15) is 32.4 Å². The maximum absolute atomic E-state index is 14.7. The number of hydrogen-bond acceptors (Lipinski definition) is 9. The lowest BCUT2D eigenvalue weighted by molar-refractivity contribution is -0.143. The first-order valence-electron chi connectivity index (χ1n) is 20.8. The summed E-state index contributed by atoms with van der Waals surface area (Å²) in [5, 5.41) is 5.88. The molecular formula is C44H57N5O9S. The number of amides is 4. The monoisotopic (exact) mass is 831 g/mol. The van der Waals surface area contributed by atoms with Crippen molar-refractivity contribution in [2.75, 3.05) is 13.2 Å². The first-order chi connectivity index (χ1) is 27.8. The van der Waals surface area contributed by atoms with Crippen molar-refractivity contribution in [2.45, 2.75) is 128 Å². The molecule has 2 aliphatic carbocycles. The van der Waals surface area contributed by atoms with E-state index in [0.29, 0.717) is 19.3 Å². The van der Waals surface area contributed by atoms with Gasteiger partial charge in [0, 0.05) is 17.5 Å². The number of nitrogens with one attached hydrogen (secondary N) is 3. The van der Waals surface area contributed by atoms with Gasteiger partial charge in [0.15, 0.2) is 0 Å². The molecule has 3 N–H and O–H groups in total. The lowest BCUT2D eigenvalue weighted by atomic mass is 9.85. The van der Waals surface area contributed by atoms with Crippen LogP contribution in [0.5, 0.6) is 0 Å². The van der Waals surface area contributed by atoms with Gasteiger partial charge < -0.3 is 29.6 Å². The molecule has 2 aliphatic heterocycles. The fourth-order valence-electron chi connectivity index (χ4n) is 8.62. The Morgan fingerprint density at radius 2 is 1.73 bits per heavy atom. The van der Waals surface area contributed by atoms with Crippen LogP contribution in [0.2, 0.25) is 0 Å². The summed E-state index contributed by atoms with van der Waals surface area (Å²) in [5.74, 6) is -3.06. The number of nitrogens with zero attached hydrogens (tertiary/aromatic N) is 2. The number of fused-ring (bicyclic) bond motifs is 3. The fourth-order valence-corrected chi connectivity index (χ4v) is 9.99. The molecule has 59 heavy (non-hydrogen) atoms. The Morgan fingerprint density at radius 1 is 1.00 bits per heavy atom. The highest BCUT2D eigenvalue weighted by Crippen LogP contribution is 2.47. The molecule has 7 rings (SSSR count). The van der Waals surface area contributed by atoms with Crippen LogP contribution in [0.25, 0.3) is 16.6 Å². The quantitative estimate of drug-likeness (QED) is 0.258. The second-order valence-electron chi connectivity index (χ2n) is 18.7. The Labute approximate surface area is 346 Å². The summed E-state index contributed by atoms with van der Waals surface area (Å²) >= 11 is 0. The summed E-state index contributed by atoms with van der Waals surface area (Å²) < 4.78 is 41.6. The van der Waals surface area contributed by atoms with E-state index in [1.807, 2.05) is 73.9 Å². The maximum Gasteiger partial charge on any atom is 0.407 e. The van der Waals surface area contributed by atoms with Crippen molar-refractivity contribution in [2.24, 2.45) is 16.7 Å². The van der Waals surface area contributed by atoms with Crippen molar-refractivity contribution >= 4 is 50.7 Å². The molecule has 1 aromatic heterocycles. The van der Waals surface area contributed by atoms with Gasteiger partial charge in [-0.3, -0.25) is 19.1 Å². The number of cyclic esters (lactones) is 1. The molecule has 1 saturated heterocycles. The van der Waals surface area contributed by atoms with Crippen molar-refractivity contribution in [1.82, 2.24) is 24.8 Å². The van der Waals surface area contributed by atoms with E-state index >= 15 is 0 Å². The van der Waals surface area contributed by atoms with Crippen molar-refractivity contribution in [3.05, 3.63) is 65.9 Å². The van der Waals surface area contributed by atoms with Crippen LogP contribution in [-0.4, -0.2) is 89.8 Å². The molecule has 318 valence electrons. The highest BCUT2D eigenvalue weighted by Gasteiger charge is 2.62.